The van der Waals surface area contributed by atoms with Gasteiger partial charge in [-0.15, -0.1) is 0 Å². The van der Waals surface area contributed by atoms with Crippen molar-refractivity contribution in [3.8, 4) is 5.75 Å². The molecule has 6 heteroatoms. The minimum atomic E-state index is -2.51. The van der Waals surface area contributed by atoms with Gasteiger partial charge < -0.3 is 10.1 Å². The van der Waals surface area contributed by atoms with E-state index in [-0.39, 0.29) is 36.0 Å². The Kier molecular flexibility index (Phi) is 4.06. The number of fused-ring (bicyclic) bond motifs is 1. The average molecular weight is 317 g/mol. The van der Waals surface area contributed by atoms with Crippen LogP contribution in [0.1, 0.15) is 33.5 Å². The van der Waals surface area contributed by atoms with Crippen LogP contribution in [0, 0.1) is 0 Å². The number of rotatable bonds is 4. The van der Waals surface area contributed by atoms with Gasteiger partial charge in [-0.2, -0.15) is 0 Å². The lowest BCUT2D eigenvalue weighted by Crippen LogP contribution is -2.23. The number of hydrogen-bond acceptors (Lipinski definition) is 3. The van der Waals surface area contributed by atoms with E-state index < -0.39 is 6.43 Å². The van der Waals surface area contributed by atoms with Crippen molar-refractivity contribution in [1.82, 2.24) is 5.32 Å². The van der Waals surface area contributed by atoms with Gasteiger partial charge in [-0.05, 0) is 11.6 Å². The molecule has 0 fully saturated rings. The van der Waals surface area contributed by atoms with Crippen molar-refractivity contribution in [1.29, 1.82) is 0 Å². The predicted molar refractivity (Wildman–Crippen MR) is 78.4 cm³/mol. The van der Waals surface area contributed by atoms with Gasteiger partial charge >= 0.3 is 5.97 Å². The lowest BCUT2D eigenvalue weighted by molar-refractivity contribution is -0.131. The van der Waals surface area contributed by atoms with Crippen LogP contribution in [0.15, 0.2) is 42.5 Å². The van der Waals surface area contributed by atoms with Gasteiger partial charge in [-0.25, -0.2) is 8.78 Å². The summed E-state index contributed by atoms with van der Waals surface area (Å²) in [6, 6.07) is 10.7. The van der Waals surface area contributed by atoms with Gasteiger partial charge in [0.15, 0.2) is 0 Å². The van der Waals surface area contributed by atoms with Crippen molar-refractivity contribution in [2.24, 2.45) is 0 Å². The van der Waals surface area contributed by atoms with E-state index in [0.717, 1.165) is 0 Å². The number of para-hydroxylation sites is 1. The highest BCUT2D eigenvalue weighted by molar-refractivity contribution is 5.99. The molecule has 2 aromatic carbocycles. The molecular weight excluding hydrogens is 304 g/mol. The summed E-state index contributed by atoms with van der Waals surface area (Å²) in [6.07, 6.45) is -2.36. The number of alkyl halides is 2. The molecule has 3 rings (SSSR count). The molecule has 0 atom stereocenters. The molecule has 23 heavy (non-hydrogen) atoms. The molecular formula is C17H13F2NO3. The summed E-state index contributed by atoms with van der Waals surface area (Å²) >= 11 is 0. The van der Waals surface area contributed by atoms with Crippen LogP contribution < -0.4 is 10.1 Å². The molecule has 1 aliphatic rings. The Balaban J connectivity index is 1.69. The van der Waals surface area contributed by atoms with Crippen LogP contribution in [0.3, 0.4) is 0 Å². The van der Waals surface area contributed by atoms with Crippen molar-refractivity contribution in [2.45, 2.75) is 19.4 Å². The van der Waals surface area contributed by atoms with Crippen molar-refractivity contribution >= 4 is 11.9 Å². The summed E-state index contributed by atoms with van der Waals surface area (Å²) in [5, 5.41) is 2.69. The summed E-state index contributed by atoms with van der Waals surface area (Å²) in [4.78, 5) is 23.6. The second kappa shape index (κ2) is 6.16. The topological polar surface area (TPSA) is 55.4 Å². The second-order valence-corrected chi connectivity index (χ2v) is 5.17. The first kappa shape index (κ1) is 15.1. The number of ether oxygens (including phenoxy) is 1. The SMILES string of the molecule is O=C1Cc2cccc(C(=O)NCc3ccc(C(F)F)cc3)c2O1. The fraction of sp³-hybridized carbons (Fsp3) is 0.176. The van der Waals surface area contributed by atoms with Gasteiger partial charge in [0, 0.05) is 17.7 Å². The van der Waals surface area contributed by atoms with Crippen molar-refractivity contribution in [3.63, 3.8) is 0 Å². The molecule has 0 bridgehead atoms. The molecule has 0 saturated heterocycles. The Morgan fingerprint density at radius 2 is 1.91 bits per heavy atom. The molecule has 2 aromatic rings. The zero-order valence-electron chi connectivity index (χ0n) is 12.0. The predicted octanol–water partition coefficient (Wildman–Crippen LogP) is 3.02. The number of carbonyl (C=O) groups excluding carboxylic acids is 2. The molecule has 0 saturated carbocycles. The molecule has 4 nitrogen and oxygen atoms in total. The molecule has 0 spiro atoms. The maximum Gasteiger partial charge on any atom is 0.315 e. The normalized spacial score (nSPS) is 12.9. The van der Waals surface area contributed by atoms with E-state index in [2.05, 4.69) is 5.32 Å². The van der Waals surface area contributed by atoms with E-state index in [1.54, 1.807) is 18.2 Å². The molecule has 1 heterocycles. The number of amides is 1. The van der Waals surface area contributed by atoms with Crippen LogP contribution in [-0.2, 0) is 17.8 Å². The Morgan fingerprint density at radius 1 is 1.17 bits per heavy atom. The number of nitrogens with one attached hydrogen (secondary N) is 1. The number of carbonyl (C=O) groups is 2. The van der Waals surface area contributed by atoms with E-state index >= 15 is 0 Å². The monoisotopic (exact) mass is 317 g/mol. The summed E-state index contributed by atoms with van der Waals surface area (Å²) in [5.41, 5.74) is 1.61. The molecule has 0 aliphatic carbocycles. The fourth-order valence-corrected chi connectivity index (χ4v) is 2.39. The number of hydrogen-bond donors (Lipinski definition) is 1. The van der Waals surface area contributed by atoms with Crippen LogP contribution >= 0.6 is 0 Å². The largest absolute Gasteiger partial charge is 0.425 e. The van der Waals surface area contributed by atoms with Crippen LogP contribution in [0.25, 0.3) is 0 Å². The van der Waals surface area contributed by atoms with Gasteiger partial charge in [-0.3, -0.25) is 9.59 Å². The van der Waals surface area contributed by atoms with Crippen LogP contribution in [-0.4, -0.2) is 11.9 Å². The lowest BCUT2D eigenvalue weighted by Gasteiger charge is -2.09. The van der Waals surface area contributed by atoms with E-state index in [1.165, 1.54) is 24.3 Å². The number of benzene rings is 2. The quantitative estimate of drug-likeness (QED) is 0.696. The molecule has 0 aromatic heterocycles. The van der Waals surface area contributed by atoms with Gasteiger partial charge in [0.1, 0.15) is 5.75 Å². The minimum absolute atomic E-state index is 0.0622. The highest BCUT2D eigenvalue weighted by Crippen LogP contribution is 2.30. The third-order valence-corrected chi connectivity index (χ3v) is 3.58. The molecule has 1 amide bonds. The Labute approximate surface area is 131 Å². The van der Waals surface area contributed by atoms with Crippen LogP contribution in [0.4, 0.5) is 8.78 Å². The lowest BCUT2D eigenvalue weighted by atomic mass is 10.1. The first-order chi connectivity index (χ1) is 11.0. The first-order valence-electron chi connectivity index (χ1n) is 7.02. The molecule has 1 aliphatic heterocycles. The number of halogens is 2. The molecule has 0 radical (unpaired) electrons. The van der Waals surface area contributed by atoms with E-state index in [1.807, 2.05) is 0 Å². The van der Waals surface area contributed by atoms with Crippen molar-refractivity contribution < 1.29 is 23.1 Å². The van der Waals surface area contributed by atoms with E-state index in [4.69, 9.17) is 4.74 Å². The first-order valence-corrected chi connectivity index (χ1v) is 7.02. The number of esters is 1. The van der Waals surface area contributed by atoms with Crippen LogP contribution in [0.5, 0.6) is 5.75 Å². The summed E-state index contributed by atoms with van der Waals surface area (Å²) in [7, 11) is 0. The fourth-order valence-electron chi connectivity index (χ4n) is 2.39. The van der Waals surface area contributed by atoms with Gasteiger partial charge in [0.25, 0.3) is 12.3 Å². The molecule has 1 N–H and O–H groups in total. The minimum Gasteiger partial charge on any atom is -0.425 e. The molecule has 118 valence electrons. The second-order valence-electron chi connectivity index (χ2n) is 5.17. The zero-order chi connectivity index (χ0) is 16.4. The smallest absolute Gasteiger partial charge is 0.315 e. The van der Waals surface area contributed by atoms with Crippen LogP contribution in [0.2, 0.25) is 0 Å². The van der Waals surface area contributed by atoms with Gasteiger partial charge in [0.05, 0.1) is 12.0 Å². The third-order valence-electron chi connectivity index (χ3n) is 3.58. The highest BCUT2D eigenvalue weighted by atomic mass is 19.3. The standard InChI is InChI=1S/C17H13F2NO3/c18-16(19)11-6-4-10(5-7-11)9-20-17(22)13-3-1-2-12-8-14(21)23-15(12)13/h1-7,16H,8-9H2,(H,20,22). The van der Waals surface area contributed by atoms with E-state index in [9.17, 15) is 18.4 Å². The summed E-state index contributed by atoms with van der Waals surface area (Å²) in [6.45, 7) is 0.194. The summed E-state index contributed by atoms with van der Waals surface area (Å²) < 4.78 is 30.0. The highest BCUT2D eigenvalue weighted by Gasteiger charge is 2.25. The van der Waals surface area contributed by atoms with Gasteiger partial charge in [-0.1, -0.05) is 36.4 Å². The van der Waals surface area contributed by atoms with Crippen molar-refractivity contribution in [3.05, 3.63) is 64.7 Å². The van der Waals surface area contributed by atoms with Crippen molar-refractivity contribution in [2.75, 3.05) is 0 Å². The average Bonchev–Trinajstić information content (AvgIpc) is 2.93. The Hall–Kier alpha value is -2.76. The Morgan fingerprint density at radius 3 is 2.61 bits per heavy atom. The summed E-state index contributed by atoms with van der Waals surface area (Å²) in [5.74, 6) is -0.472. The maximum absolute atomic E-state index is 12.5. The third kappa shape index (κ3) is 3.21. The van der Waals surface area contributed by atoms with Gasteiger partial charge in [0.2, 0.25) is 0 Å². The molecule has 0 unspecified atom stereocenters. The van der Waals surface area contributed by atoms with E-state index in [0.29, 0.717) is 16.9 Å². The Bertz CT molecular complexity index is 757. The zero-order valence-corrected chi connectivity index (χ0v) is 12.0. The maximum atomic E-state index is 12.5.